The highest BCUT2D eigenvalue weighted by Crippen LogP contribution is 2.63. The molecule has 0 saturated heterocycles. The highest BCUT2D eigenvalue weighted by molar-refractivity contribution is 6.25. The summed E-state index contributed by atoms with van der Waals surface area (Å²) in [4.78, 5) is 1.87. The molecule has 0 saturated carbocycles. The normalized spacial score (nSPS) is 14.8. The molecule has 0 heterocycles. The van der Waals surface area contributed by atoms with E-state index in [0.29, 0.717) is 11.4 Å². The Morgan fingerprint density at radius 2 is 0.760 bits per heavy atom. The second-order valence-corrected chi connectivity index (χ2v) is 13.2. The lowest BCUT2D eigenvalue weighted by Crippen LogP contribution is -2.26. The molecule has 2 aliphatic rings. The Morgan fingerprint density at radius 1 is 0.340 bits per heavy atom. The minimum absolute atomic E-state index is 0.104. The lowest BCUT2D eigenvalue weighted by molar-refractivity contribution is 0.793. The van der Waals surface area contributed by atoms with Crippen molar-refractivity contribution in [1.82, 2.24) is 0 Å². The van der Waals surface area contributed by atoms with Gasteiger partial charge in [-0.15, -0.1) is 0 Å². The predicted molar refractivity (Wildman–Crippen MR) is 210 cm³/mol. The van der Waals surface area contributed by atoms with Crippen LogP contribution in [0.5, 0.6) is 0 Å². The third kappa shape index (κ3) is 3.56. The fourth-order valence-corrected chi connectivity index (χ4v) is 9.02. The number of rotatable bonds is 3. The molecule has 0 unspecified atom stereocenters. The highest BCUT2D eigenvalue weighted by Gasteiger charge is 2.51. The van der Waals surface area contributed by atoms with Crippen LogP contribution in [0.3, 0.4) is 0 Å². The Bertz CT molecular complexity index is 3000. The lowest BCUT2D eigenvalue weighted by atomic mass is 9.70. The number of fused-ring (bicyclic) bond motifs is 16. The first-order chi connectivity index (χ1) is 26.9. The Kier molecular flexibility index (Phi) is 4.73. The summed E-state index contributed by atoms with van der Waals surface area (Å²) in [5.41, 5.74) is 10.3. The number of para-hydroxylation sites is 1. The van der Waals surface area contributed by atoms with Gasteiger partial charge in [-0.2, -0.15) is 0 Å². The van der Waals surface area contributed by atoms with Crippen LogP contribution < -0.4 is 4.90 Å². The molecule has 0 radical (unpaired) electrons. The minimum Gasteiger partial charge on any atom is -0.310 e. The summed E-state index contributed by atoms with van der Waals surface area (Å²) in [5.74, 6) is 0. The van der Waals surface area contributed by atoms with Gasteiger partial charge in [-0.25, -0.2) is 0 Å². The summed E-state index contributed by atoms with van der Waals surface area (Å²) >= 11 is 0. The molecule has 0 fully saturated rings. The first-order valence-corrected chi connectivity index (χ1v) is 17.0. The summed E-state index contributed by atoms with van der Waals surface area (Å²) in [6, 6.07) is 53.6. The van der Waals surface area contributed by atoms with Crippen LogP contribution in [0.2, 0.25) is 0 Å². The van der Waals surface area contributed by atoms with Crippen molar-refractivity contribution in [3.05, 3.63) is 210 Å². The van der Waals surface area contributed by atoms with Gasteiger partial charge in [0, 0.05) is 17.1 Å². The van der Waals surface area contributed by atoms with Crippen LogP contribution >= 0.6 is 0 Å². The second kappa shape index (κ2) is 10.3. The zero-order chi connectivity index (χ0) is 37.2. The molecule has 2 aliphatic carbocycles. The molecule has 1 spiro atoms. The third-order valence-electron chi connectivity index (χ3n) is 10.9. The van der Waals surface area contributed by atoms with Crippen molar-refractivity contribution < 1.29 is 6.85 Å². The number of hydrogen-bond acceptors (Lipinski definition) is 1. The summed E-state index contributed by atoms with van der Waals surface area (Å²) < 4.78 is 44.5. The maximum Gasteiger partial charge on any atom is 0.0726 e. The van der Waals surface area contributed by atoms with Gasteiger partial charge in [0.2, 0.25) is 0 Å². The maximum atomic E-state index is 9.26. The van der Waals surface area contributed by atoms with Crippen LogP contribution in [-0.4, -0.2) is 0 Å². The van der Waals surface area contributed by atoms with Crippen molar-refractivity contribution in [3.8, 4) is 22.3 Å². The molecule has 1 heteroatoms. The van der Waals surface area contributed by atoms with Crippen molar-refractivity contribution in [3.63, 3.8) is 0 Å². The number of anilines is 3. The molecule has 0 aliphatic heterocycles. The fraction of sp³-hybridized carbons (Fsp3) is 0.0204. The molecule has 0 amide bonds. The van der Waals surface area contributed by atoms with Crippen LogP contribution in [-0.2, 0) is 5.41 Å². The number of hydrogen-bond donors (Lipinski definition) is 0. The van der Waals surface area contributed by atoms with Gasteiger partial charge in [0.05, 0.1) is 12.3 Å². The van der Waals surface area contributed by atoms with E-state index in [0.717, 1.165) is 43.6 Å². The van der Waals surface area contributed by atoms with E-state index in [9.17, 15) is 2.74 Å². The van der Waals surface area contributed by atoms with Crippen molar-refractivity contribution in [2.75, 3.05) is 4.90 Å². The van der Waals surface area contributed by atoms with Gasteiger partial charge in [0.15, 0.2) is 0 Å². The average Bonchev–Trinajstić information content (AvgIpc) is 3.71. The van der Waals surface area contributed by atoms with Crippen molar-refractivity contribution >= 4 is 49.4 Å². The van der Waals surface area contributed by atoms with Crippen molar-refractivity contribution in [2.24, 2.45) is 0 Å². The Morgan fingerprint density at radius 3 is 1.32 bits per heavy atom. The minimum atomic E-state index is -0.612. The van der Waals surface area contributed by atoms with E-state index >= 15 is 0 Å². The molecule has 9 aromatic rings. The zero-order valence-corrected chi connectivity index (χ0v) is 27.0. The quantitative estimate of drug-likeness (QED) is 0.174. The molecule has 0 bridgehead atoms. The molecule has 0 aromatic heterocycles. The van der Waals surface area contributed by atoms with Crippen LogP contribution in [0.15, 0.2) is 188 Å². The van der Waals surface area contributed by atoms with Gasteiger partial charge >= 0.3 is 0 Å². The summed E-state index contributed by atoms with van der Waals surface area (Å²) in [7, 11) is 0. The second-order valence-electron chi connectivity index (χ2n) is 13.2. The smallest absolute Gasteiger partial charge is 0.0726 e. The monoisotopic (exact) mass is 638 g/mol. The maximum absolute atomic E-state index is 9.26. The molecule has 9 aromatic carbocycles. The summed E-state index contributed by atoms with van der Waals surface area (Å²) in [5, 5.41) is 6.62. The molecular formula is C49H31N. The van der Waals surface area contributed by atoms with Crippen LogP contribution in [0.1, 0.15) is 29.1 Å². The van der Waals surface area contributed by atoms with E-state index in [-0.39, 0.29) is 29.9 Å². The standard InChI is InChI=1S/C49H31N/c1-2-14-32(15-3-1)50(33-26-28-39-37-18-5-4-16-35(37)36-17-6-7-19-38(36)44(39)30-33)34-27-29-43-42-22-10-13-25-47(42)49(48(43)31-34)45-23-11-8-20-40(45)41-21-9-12-24-46(41)49/h1-31H/i1D,2D,3D,14D,15D. The third-order valence-corrected chi connectivity index (χ3v) is 10.9. The Labute approximate surface area is 298 Å². The van der Waals surface area contributed by atoms with E-state index < -0.39 is 11.5 Å². The summed E-state index contributed by atoms with van der Waals surface area (Å²) in [6.07, 6.45) is 0. The first-order valence-electron chi connectivity index (χ1n) is 19.5. The Balaban J connectivity index is 1.24. The topological polar surface area (TPSA) is 3.24 Å². The molecule has 1 nitrogen and oxygen atoms in total. The first kappa shape index (κ1) is 23.0. The molecule has 0 N–H and O–H groups in total. The average molecular weight is 639 g/mol. The van der Waals surface area contributed by atoms with Gasteiger partial charge in [0.1, 0.15) is 0 Å². The SMILES string of the molecule is [2H]c1c([2H])c([2H])c(N(c2ccc3c(c2)C2(c4ccccc4-c4ccccc42)c2ccccc2-3)c2ccc3c4ccccc4c4ccccc4c3c2)c([2H])c1[2H]. The molecular weight excluding hydrogens is 603 g/mol. The van der Waals surface area contributed by atoms with Crippen LogP contribution in [0.25, 0.3) is 54.6 Å². The molecule has 50 heavy (non-hydrogen) atoms. The van der Waals surface area contributed by atoms with Gasteiger partial charge in [-0.05, 0) is 113 Å². The molecule has 11 rings (SSSR count). The number of benzene rings is 9. The zero-order valence-electron chi connectivity index (χ0n) is 32.0. The van der Waals surface area contributed by atoms with E-state index in [1.165, 1.54) is 33.2 Å². The van der Waals surface area contributed by atoms with Gasteiger partial charge in [0.25, 0.3) is 0 Å². The fourth-order valence-electron chi connectivity index (χ4n) is 9.02. The van der Waals surface area contributed by atoms with Gasteiger partial charge < -0.3 is 4.90 Å². The lowest BCUT2D eigenvalue weighted by Gasteiger charge is -2.32. The molecule has 232 valence electrons. The van der Waals surface area contributed by atoms with Crippen molar-refractivity contribution in [2.45, 2.75) is 5.41 Å². The molecule has 0 atom stereocenters. The highest BCUT2D eigenvalue weighted by atomic mass is 15.1. The van der Waals surface area contributed by atoms with Crippen molar-refractivity contribution in [1.29, 1.82) is 0 Å². The van der Waals surface area contributed by atoms with E-state index in [4.69, 9.17) is 4.11 Å². The number of nitrogens with zero attached hydrogens (tertiary/aromatic N) is 1. The van der Waals surface area contributed by atoms with Gasteiger partial charge in [-0.3, -0.25) is 0 Å². The van der Waals surface area contributed by atoms with E-state index in [1.807, 2.05) is 23.1 Å². The summed E-state index contributed by atoms with van der Waals surface area (Å²) in [6.45, 7) is 0. The predicted octanol–water partition coefficient (Wildman–Crippen LogP) is 13.0. The van der Waals surface area contributed by atoms with E-state index in [2.05, 4.69) is 140 Å². The van der Waals surface area contributed by atoms with Gasteiger partial charge in [-0.1, -0.05) is 152 Å². The largest absolute Gasteiger partial charge is 0.310 e. The van der Waals surface area contributed by atoms with E-state index in [1.54, 1.807) is 0 Å². The van der Waals surface area contributed by atoms with Crippen LogP contribution in [0.4, 0.5) is 17.1 Å². The Hall–Kier alpha value is -6.44. The van der Waals surface area contributed by atoms with Crippen LogP contribution in [0, 0.1) is 0 Å².